The monoisotopic (exact) mass is 611 g/mol. The van der Waals surface area contributed by atoms with Crippen molar-refractivity contribution in [1.82, 2.24) is 0 Å². The standard InChI is InChI=1S/C12H19ClFO.Al.Dy.Re/c13-11-9(6-7-10(15)12(11)14)8-4-2-1-3-5-8;;;/h1,8-12,15H,2-7H2;;;. The molecular weight excluding hydrogens is 590 g/mol. The Kier molecular flexibility index (Phi) is 11.0. The van der Waals surface area contributed by atoms with Crippen LogP contribution in [0.4, 0.5) is 4.39 Å². The van der Waals surface area contributed by atoms with Crippen LogP contribution in [0.3, 0.4) is 0 Å². The second kappa shape index (κ2) is 9.62. The SMILES string of the molecule is OC1CCC(C2CC[CH]([Al])CC2)C(Cl)C1F.[Dy].[Re]. The smallest absolute Gasteiger partial charge is 0.142 e. The molecular formula is C12H19AlClDyFORe. The molecule has 2 aliphatic rings. The molecule has 0 heterocycles. The fourth-order valence-corrected chi connectivity index (χ4v) is 4.08. The van der Waals surface area contributed by atoms with Gasteiger partial charge in [-0.05, 0) is 24.7 Å². The topological polar surface area (TPSA) is 20.2 Å². The van der Waals surface area contributed by atoms with Crippen molar-refractivity contribution in [2.75, 3.05) is 0 Å². The maximum Gasteiger partial charge on any atom is 0.142 e. The van der Waals surface area contributed by atoms with Crippen molar-refractivity contribution in [3.63, 3.8) is 0 Å². The average molecular weight is 609 g/mol. The summed E-state index contributed by atoms with van der Waals surface area (Å²) in [6.07, 6.45) is 4.18. The van der Waals surface area contributed by atoms with Gasteiger partial charge in [-0.25, -0.2) is 4.39 Å². The Labute approximate surface area is 166 Å². The Balaban J connectivity index is 0.00000144. The van der Waals surface area contributed by atoms with E-state index in [9.17, 15) is 9.50 Å². The van der Waals surface area contributed by atoms with Crippen molar-refractivity contribution in [2.24, 2.45) is 11.8 Å². The van der Waals surface area contributed by atoms with Crippen molar-refractivity contribution in [3.8, 4) is 0 Å². The maximum atomic E-state index is 13.7. The second-order valence-corrected chi connectivity index (χ2v) is 6.82. The molecule has 4 unspecified atom stereocenters. The van der Waals surface area contributed by atoms with Gasteiger partial charge >= 0.3 is 0 Å². The van der Waals surface area contributed by atoms with E-state index in [0.29, 0.717) is 12.3 Å². The van der Waals surface area contributed by atoms with Gasteiger partial charge in [0.2, 0.25) is 0 Å². The summed E-state index contributed by atoms with van der Waals surface area (Å²) in [5, 5.41) is 8.97. The van der Waals surface area contributed by atoms with Gasteiger partial charge in [0.15, 0.2) is 0 Å². The quantitative estimate of drug-likeness (QED) is 0.359. The van der Waals surface area contributed by atoms with Gasteiger partial charge in [-0.2, -0.15) is 0 Å². The number of alkyl halides is 2. The Morgan fingerprint density at radius 3 is 2.17 bits per heavy atom. The van der Waals surface area contributed by atoms with Crippen LogP contribution in [0.2, 0.25) is 4.78 Å². The number of halogens is 2. The minimum absolute atomic E-state index is 0. The van der Waals surface area contributed by atoms with Crippen LogP contribution in [0.5, 0.6) is 0 Å². The third-order valence-electron chi connectivity index (χ3n) is 4.30. The largest absolute Gasteiger partial charge is 0.390 e. The van der Waals surface area contributed by atoms with Crippen molar-refractivity contribution in [2.45, 2.75) is 61.0 Å². The minimum Gasteiger partial charge on any atom is -0.390 e. The molecule has 0 aliphatic heterocycles. The predicted molar refractivity (Wildman–Crippen MR) is 64.7 cm³/mol. The van der Waals surface area contributed by atoms with Gasteiger partial charge in [-0.1, -0.05) is 25.7 Å². The van der Waals surface area contributed by atoms with Gasteiger partial charge in [0.05, 0.1) is 11.5 Å². The summed E-state index contributed by atoms with van der Waals surface area (Å²) in [4.78, 5) is 0. The van der Waals surface area contributed by atoms with E-state index >= 15 is 0 Å². The number of aliphatic hydroxyl groups excluding tert-OH is 1. The average Bonchev–Trinajstić information content (AvgIpc) is 2.28. The molecule has 2 fully saturated rings. The Morgan fingerprint density at radius 1 is 1.06 bits per heavy atom. The summed E-state index contributed by atoms with van der Waals surface area (Å²) in [7, 11) is 0. The molecule has 0 bridgehead atoms. The molecule has 0 aromatic carbocycles. The van der Waals surface area contributed by atoms with Crippen LogP contribution in [0.25, 0.3) is 0 Å². The summed E-state index contributed by atoms with van der Waals surface area (Å²) in [5.41, 5.74) is 0. The van der Waals surface area contributed by atoms with E-state index in [2.05, 4.69) is 16.3 Å². The molecule has 3 radical (unpaired) electrons. The van der Waals surface area contributed by atoms with E-state index in [4.69, 9.17) is 11.6 Å². The van der Waals surface area contributed by atoms with Crippen molar-refractivity contribution in [3.05, 3.63) is 0 Å². The molecule has 0 saturated heterocycles. The first-order valence-corrected chi connectivity index (χ1v) is 7.41. The zero-order valence-corrected chi connectivity index (χ0v) is 16.8. The van der Waals surface area contributed by atoms with Gasteiger partial charge in [0.25, 0.3) is 0 Å². The number of hydrogen-bond acceptors (Lipinski definition) is 1. The first-order valence-electron chi connectivity index (χ1n) is 6.31. The first-order chi connectivity index (χ1) is 7.59. The Bertz CT molecular complexity index is 244. The Morgan fingerprint density at radius 2 is 1.61 bits per heavy atom. The summed E-state index contributed by atoms with van der Waals surface area (Å²) in [5.74, 6) is 0.850. The summed E-state index contributed by atoms with van der Waals surface area (Å²) < 4.78 is 14.4. The minimum atomic E-state index is -1.23. The fourth-order valence-electron chi connectivity index (χ4n) is 3.20. The first kappa shape index (κ1) is 20.6. The van der Waals surface area contributed by atoms with Gasteiger partial charge in [-0.15, -0.1) is 16.4 Å². The third-order valence-corrected chi connectivity index (χ3v) is 5.53. The normalized spacial score (nSPS) is 44.6. The number of aliphatic hydroxyl groups is 1. The van der Waals surface area contributed by atoms with Crippen LogP contribution >= 0.6 is 11.6 Å². The summed E-state index contributed by atoms with van der Waals surface area (Å²) >= 11 is 9.04. The Hall–Kier alpha value is 2.65. The zero-order valence-electron chi connectivity index (χ0n) is 10.2. The van der Waals surface area contributed by atoms with E-state index in [1.54, 1.807) is 0 Å². The van der Waals surface area contributed by atoms with E-state index in [-0.39, 0.29) is 64.5 Å². The molecule has 2 saturated carbocycles. The van der Waals surface area contributed by atoms with E-state index in [1.165, 1.54) is 25.7 Å². The van der Waals surface area contributed by atoms with E-state index in [0.717, 1.165) is 11.2 Å². The summed E-state index contributed by atoms with van der Waals surface area (Å²) in [6, 6.07) is 0. The number of hydrogen-bond donors (Lipinski definition) is 1. The molecule has 1 nitrogen and oxygen atoms in total. The van der Waals surface area contributed by atoms with Crippen molar-refractivity contribution < 1.29 is 68.1 Å². The number of rotatable bonds is 1. The van der Waals surface area contributed by atoms with Crippen molar-refractivity contribution in [1.29, 1.82) is 0 Å². The molecule has 2 aliphatic carbocycles. The molecule has 18 heavy (non-hydrogen) atoms. The van der Waals surface area contributed by atoms with Gasteiger partial charge < -0.3 is 5.11 Å². The maximum absolute atomic E-state index is 13.7. The van der Waals surface area contributed by atoms with Crippen LogP contribution < -0.4 is 0 Å². The van der Waals surface area contributed by atoms with Gasteiger partial charge in [0, 0.05) is 58.6 Å². The molecule has 0 spiro atoms. The van der Waals surface area contributed by atoms with Crippen LogP contribution in [0.15, 0.2) is 0 Å². The zero-order chi connectivity index (χ0) is 11.7. The molecule has 4 atom stereocenters. The van der Waals surface area contributed by atoms with Gasteiger partial charge in [0.1, 0.15) is 22.5 Å². The molecule has 6 heteroatoms. The summed E-state index contributed by atoms with van der Waals surface area (Å²) in [6.45, 7) is 0. The molecule has 0 amide bonds. The molecule has 1 N–H and O–H groups in total. The van der Waals surface area contributed by atoms with Crippen molar-refractivity contribution >= 4 is 27.9 Å². The molecule has 2 rings (SSSR count). The fraction of sp³-hybridized carbons (Fsp3) is 1.00. The van der Waals surface area contributed by atoms with Gasteiger partial charge in [-0.3, -0.25) is 0 Å². The van der Waals surface area contributed by atoms with E-state index < -0.39 is 17.7 Å². The third kappa shape index (κ3) is 5.13. The van der Waals surface area contributed by atoms with E-state index in [1.807, 2.05) is 0 Å². The molecule has 0 aromatic heterocycles. The van der Waals surface area contributed by atoms with Crippen LogP contribution in [-0.2, 0) is 20.4 Å². The predicted octanol–water partition coefficient (Wildman–Crippen LogP) is 2.85. The second-order valence-electron chi connectivity index (χ2n) is 5.37. The molecule has 107 valence electrons. The van der Waals surface area contributed by atoms with Crippen LogP contribution in [0, 0.1) is 50.0 Å². The van der Waals surface area contributed by atoms with Crippen LogP contribution in [0.1, 0.15) is 38.5 Å². The van der Waals surface area contributed by atoms with Crippen LogP contribution in [-0.4, -0.2) is 39.0 Å². The molecule has 0 aromatic rings.